The van der Waals surface area contributed by atoms with Gasteiger partial charge < -0.3 is 9.80 Å². The van der Waals surface area contributed by atoms with Crippen LogP contribution in [0.3, 0.4) is 0 Å². The van der Waals surface area contributed by atoms with Crippen LogP contribution in [0, 0.1) is 0 Å². The van der Waals surface area contributed by atoms with Gasteiger partial charge in [0.15, 0.2) is 11.0 Å². The fourth-order valence-electron chi connectivity index (χ4n) is 2.48. The number of hydrogen-bond donors (Lipinski definition) is 0. The number of aromatic nitrogens is 2. The molecule has 1 aliphatic rings. The van der Waals surface area contributed by atoms with Crippen LogP contribution >= 0.6 is 34.8 Å². The maximum atomic E-state index is 6.31. The quantitative estimate of drug-likeness (QED) is 0.788. The lowest BCUT2D eigenvalue weighted by molar-refractivity contribution is 0.360. The summed E-state index contributed by atoms with van der Waals surface area (Å²) in [6.45, 7) is 3.87. The van der Waals surface area contributed by atoms with E-state index in [9.17, 15) is 0 Å². The highest BCUT2D eigenvalue weighted by Crippen LogP contribution is 2.30. The van der Waals surface area contributed by atoms with Crippen LogP contribution in [-0.2, 0) is 0 Å². The number of halogens is 3. The Balaban J connectivity index is 2.02. The molecule has 7 heteroatoms. The highest BCUT2D eigenvalue weighted by Gasteiger charge is 2.18. The summed E-state index contributed by atoms with van der Waals surface area (Å²) in [5.74, 6) is 0.720. The van der Waals surface area contributed by atoms with Crippen LogP contribution in [0.5, 0.6) is 0 Å². The third-order valence-corrected chi connectivity index (χ3v) is 4.64. The lowest BCUT2D eigenvalue weighted by Crippen LogP contribution is -2.29. The first-order valence-corrected chi connectivity index (χ1v) is 7.94. The third-order valence-electron chi connectivity index (χ3n) is 3.67. The van der Waals surface area contributed by atoms with Gasteiger partial charge >= 0.3 is 0 Å². The molecule has 4 nitrogen and oxygen atoms in total. The molecule has 0 aliphatic carbocycles. The second-order valence-electron chi connectivity index (χ2n) is 5.24. The summed E-state index contributed by atoms with van der Waals surface area (Å²) >= 11 is 18.4. The fourth-order valence-corrected chi connectivity index (χ4v) is 3.05. The van der Waals surface area contributed by atoms with Crippen molar-refractivity contribution in [3.05, 3.63) is 27.3 Å². The summed E-state index contributed by atoms with van der Waals surface area (Å²) in [6.07, 6.45) is 1.08. The van der Waals surface area contributed by atoms with Gasteiger partial charge in [0.1, 0.15) is 0 Å². The lowest BCUT2D eigenvalue weighted by atomic mass is 10.3. The first-order chi connectivity index (χ1) is 10.0. The van der Waals surface area contributed by atoms with Crippen LogP contribution in [0.2, 0.25) is 15.2 Å². The number of fused-ring (bicyclic) bond motifs is 1. The van der Waals surface area contributed by atoms with Gasteiger partial charge in [-0.15, -0.1) is 0 Å². The molecule has 0 spiro atoms. The van der Waals surface area contributed by atoms with Gasteiger partial charge in [-0.2, -0.15) is 0 Å². The highest BCUT2D eigenvalue weighted by atomic mass is 35.5. The molecule has 21 heavy (non-hydrogen) atoms. The third kappa shape index (κ3) is 3.19. The van der Waals surface area contributed by atoms with Crippen molar-refractivity contribution in [2.24, 2.45) is 0 Å². The zero-order valence-corrected chi connectivity index (χ0v) is 13.9. The summed E-state index contributed by atoms with van der Waals surface area (Å²) in [5, 5.41) is 1.34. The van der Waals surface area contributed by atoms with Gasteiger partial charge in [0.05, 0.1) is 21.1 Å². The van der Waals surface area contributed by atoms with Crippen molar-refractivity contribution in [3.8, 4) is 0 Å². The van der Waals surface area contributed by atoms with E-state index in [0.29, 0.717) is 26.2 Å². The number of nitrogens with zero attached hydrogens (tertiary/aromatic N) is 4. The standard InChI is InChI=1S/C14H15Cl3N4/c1-20-3-2-4-21(6-5-20)14-13(17)18-11-7-9(15)10(16)8-12(11)19-14/h7-8H,2-6H2,1H3. The molecule has 0 radical (unpaired) electrons. The van der Waals surface area contributed by atoms with Crippen LogP contribution in [0.1, 0.15) is 6.42 Å². The smallest absolute Gasteiger partial charge is 0.172 e. The van der Waals surface area contributed by atoms with E-state index in [1.54, 1.807) is 12.1 Å². The Morgan fingerprint density at radius 3 is 2.29 bits per heavy atom. The molecule has 1 fully saturated rings. The highest BCUT2D eigenvalue weighted by molar-refractivity contribution is 6.42. The minimum atomic E-state index is 0.408. The Hall–Kier alpha value is -0.810. The summed E-state index contributed by atoms with van der Waals surface area (Å²) < 4.78 is 0. The molecule has 3 rings (SSSR count). The molecule has 1 aromatic carbocycles. The summed E-state index contributed by atoms with van der Waals surface area (Å²) in [6, 6.07) is 3.42. The maximum absolute atomic E-state index is 6.31. The molecule has 112 valence electrons. The molecule has 0 unspecified atom stereocenters. The molecular weight excluding hydrogens is 331 g/mol. The topological polar surface area (TPSA) is 32.3 Å². The molecule has 0 atom stereocenters. The molecule has 0 amide bonds. The zero-order chi connectivity index (χ0) is 15.0. The lowest BCUT2D eigenvalue weighted by Gasteiger charge is -2.22. The largest absolute Gasteiger partial charge is 0.353 e. The number of hydrogen-bond acceptors (Lipinski definition) is 4. The Morgan fingerprint density at radius 1 is 0.905 bits per heavy atom. The second-order valence-corrected chi connectivity index (χ2v) is 6.41. The van der Waals surface area contributed by atoms with Gasteiger partial charge in [-0.1, -0.05) is 34.8 Å². The molecule has 0 saturated carbocycles. The molecule has 1 aliphatic heterocycles. The number of likely N-dealkylation sites (N-methyl/N-ethyl adjacent to an activating group) is 1. The van der Waals surface area contributed by atoms with E-state index in [2.05, 4.69) is 26.8 Å². The SMILES string of the molecule is CN1CCCN(c2nc3cc(Cl)c(Cl)cc3nc2Cl)CC1. The number of benzene rings is 1. The first kappa shape index (κ1) is 15.1. The van der Waals surface area contributed by atoms with Gasteiger partial charge in [-0.05, 0) is 32.1 Å². The van der Waals surface area contributed by atoms with Crippen LogP contribution in [-0.4, -0.2) is 48.1 Å². The molecule has 2 heterocycles. The van der Waals surface area contributed by atoms with Crippen molar-refractivity contribution >= 4 is 51.7 Å². The molecule has 0 bridgehead atoms. The van der Waals surface area contributed by atoms with Crippen molar-refractivity contribution in [3.63, 3.8) is 0 Å². The van der Waals surface area contributed by atoms with E-state index >= 15 is 0 Å². The second kappa shape index (κ2) is 6.13. The Morgan fingerprint density at radius 2 is 1.57 bits per heavy atom. The van der Waals surface area contributed by atoms with E-state index < -0.39 is 0 Å². The van der Waals surface area contributed by atoms with Gasteiger partial charge in [-0.25, -0.2) is 9.97 Å². The van der Waals surface area contributed by atoms with Crippen molar-refractivity contribution in [2.75, 3.05) is 38.1 Å². The minimum absolute atomic E-state index is 0.408. The predicted molar refractivity (Wildman–Crippen MR) is 88.9 cm³/mol. The molecule has 1 aromatic heterocycles. The van der Waals surface area contributed by atoms with Crippen molar-refractivity contribution in [1.82, 2.24) is 14.9 Å². The summed E-state index contributed by atoms with van der Waals surface area (Å²) in [5.41, 5.74) is 1.37. The fraction of sp³-hybridized carbons (Fsp3) is 0.429. The van der Waals surface area contributed by atoms with Crippen LogP contribution in [0.15, 0.2) is 12.1 Å². The Labute approximate surface area is 138 Å². The van der Waals surface area contributed by atoms with E-state index in [1.807, 2.05) is 0 Å². The van der Waals surface area contributed by atoms with E-state index in [0.717, 1.165) is 38.4 Å². The van der Waals surface area contributed by atoms with Crippen LogP contribution in [0.4, 0.5) is 5.82 Å². The van der Waals surface area contributed by atoms with E-state index in [1.165, 1.54) is 0 Å². The molecule has 2 aromatic rings. The maximum Gasteiger partial charge on any atom is 0.172 e. The summed E-state index contributed by atoms with van der Waals surface area (Å²) in [7, 11) is 2.12. The van der Waals surface area contributed by atoms with Gasteiger partial charge in [0.25, 0.3) is 0 Å². The normalized spacial score (nSPS) is 17.2. The average Bonchev–Trinajstić information content (AvgIpc) is 2.65. The van der Waals surface area contributed by atoms with Crippen LogP contribution in [0.25, 0.3) is 11.0 Å². The van der Waals surface area contributed by atoms with Gasteiger partial charge in [0.2, 0.25) is 0 Å². The average molecular weight is 346 g/mol. The molecular formula is C14H15Cl3N4. The van der Waals surface area contributed by atoms with Crippen molar-refractivity contribution in [1.29, 1.82) is 0 Å². The Kier molecular flexibility index (Phi) is 4.41. The summed E-state index contributed by atoms with van der Waals surface area (Å²) in [4.78, 5) is 13.5. The van der Waals surface area contributed by atoms with Gasteiger partial charge in [-0.3, -0.25) is 0 Å². The molecule has 1 saturated heterocycles. The zero-order valence-electron chi connectivity index (χ0n) is 11.6. The van der Waals surface area contributed by atoms with E-state index in [4.69, 9.17) is 34.8 Å². The van der Waals surface area contributed by atoms with Crippen LogP contribution < -0.4 is 4.90 Å². The Bertz CT molecular complexity index is 677. The van der Waals surface area contributed by atoms with E-state index in [-0.39, 0.29) is 0 Å². The number of anilines is 1. The predicted octanol–water partition coefficient (Wildman–Crippen LogP) is 3.73. The minimum Gasteiger partial charge on any atom is -0.353 e. The first-order valence-electron chi connectivity index (χ1n) is 6.80. The van der Waals surface area contributed by atoms with Gasteiger partial charge in [0, 0.05) is 19.6 Å². The van der Waals surface area contributed by atoms with Crippen molar-refractivity contribution in [2.45, 2.75) is 6.42 Å². The monoisotopic (exact) mass is 344 g/mol. The van der Waals surface area contributed by atoms with Crippen molar-refractivity contribution < 1.29 is 0 Å². The molecule has 0 N–H and O–H groups in total. The number of rotatable bonds is 1.